The molecule has 148 valence electrons. The zero-order chi connectivity index (χ0) is 19.8. The Morgan fingerprint density at radius 2 is 1.86 bits per heavy atom. The quantitative estimate of drug-likeness (QED) is 0.565. The van der Waals surface area contributed by atoms with Gasteiger partial charge in [0.15, 0.2) is 5.82 Å². The fourth-order valence-electron chi connectivity index (χ4n) is 4.08. The number of fused-ring (bicyclic) bond motifs is 1. The van der Waals surface area contributed by atoms with E-state index >= 15 is 0 Å². The first-order chi connectivity index (χ1) is 14.2. The van der Waals surface area contributed by atoms with Crippen LogP contribution in [0.1, 0.15) is 35.6 Å². The summed E-state index contributed by atoms with van der Waals surface area (Å²) < 4.78 is 7.69. The molecular weight excluding hydrogens is 366 g/mol. The Bertz CT molecular complexity index is 1120. The Morgan fingerprint density at radius 3 is 2.69 bits per heavy atom. The molecule has 1 aliphatic rings. The zero-order valence-electron chi connectivity index (χ0n) is 16.3. The Morgan fingerprint density at radius 1 is 1.07 bits per heavy atom. The van der Waals surface area contributed by atoms with Crippen molar-refractivity contribution in [3.05, 3.63) is 77.7 Å². The molecule has 0 amide bonds. The lowest BCUT2D eigenvalue weighted by molar-refractivity contribution is 0.167. The van der Waals surface area contributed by atoms with Crippen molar-refractivity contribution in [2.24, 2.45) is 7.05 Å². The predicted molar refractivity (Wildman–Crippen MR) is 108 cm³/mol. The molecule has 0 unspecified atom stereocenters. The monoisotopic (exact) mass is 389 g/mol. The molecule has 29 heavy (non-hydrogen) atoms. The van der Waals surface area contributed by atoms with E-state index in [1.165, 1.54) is 0 Å². The highest BCUT2D eigenvalue weighted by Crippen LogP contribution is 2.33. The van der Waals surface area contributed by atoms with Crippen LogP contribution in [-0.2, 0) is 20.0 Å². The van der Waals surface area contributed by atoms with Crippen LogP contribution in [0.15, 0.2) is 59.1 Å². The molecule has 1 N–H and O–H groups in total. The maximum atomic E-state index is 10.3. The van der Waals surface area contributed by atoms with Crippen molar-refractivity contribution in [3.8, 4) is 0 Å². The molecule has 2 atom stereocenters. The number of aliphatic hydroxyl groups is 1. The lowest BCUT2D eigenvalue weighted by Crippen LogP contribution is -2.26. The van der Waals surface area contributed by atoms with Crippen LogP contribution in [0, 0.1) is 0 Å². The molecule has 0 radical (unpaired) electrons. The van der Waals surface area contributed by atoms with Crippen molar-refractivity contribution in [1.82, 2.24) is 24.6 Å². The molecule has 2 aromatic heterocycles. The number of nitrogens with zero attached hydrogens (tertiary/aromatic N) is 5. The molecule has 2 aromatic carbocycles. The maximum absolute atomic E-state index is 10.3. The van der Waals surface area contributed by atoms with E-state index in [1.54, 1.807) is 0 Å². The Kier molecular flexibility index (Phi) is 4.61. The van der Waals surface area contributed by atoms with Crippen LogP contribution in [0.3, 0.4) is 0 Å². The van der Waals surface area contributed by atoms with Crippen molar-refractivity contribution in [2.45, 2.75) is 31.5 Å². The van der Waals surface area contributed by atoms with Crippen LogP contribution in [0.5, 0.6) is 0 Å². The largest absolute Gasteiger partial charge is 0.392 e. The average molecular weight is 389 g/mol. The molecule has 0 spiro atoms. The van der Waals surface area contributed by atoms with Crippen molar-refractivity contribution in [2.75, 3.05) is 6.54 Å². The second-order valence-corrected chi connectivity index (χ2v) is 7.62. The summed E-state index contributed by atoms with van der Waals surface area (Å²) in [6, 6.07) is 18.1. The molecular formula is C22H23N5O2. The summed E-state index contributed by atoms with van der Waals surface area (Å²) in [4.78, 5) is 11.6. The summed E-state index contributed by atoms with van der Waals surface area (Å²) in [5, 5.41) is 14.5. The van der Waals surface area contributed by atoms with Gasteiger partial charge in [-0.05, 0) is 24.1 Å². The van der Waals surface area contributed by atoms with E-state index in [9.17, 15) is 5.11 Å². The third-order valence-electron chi connectivity index (χ3n) is 5.58. The van der Waals surface area contributed by atoms with Gasteiger partial charge < -0.3 is 14.2 Å². The minimum Gasteiger partial charge on any atom is -0.392 e. The van der Waals surface area contributed by atoms with E-state index in [4.69, 9.17) is 9.51 Å². The molecule has 1 aliphatic heterocycles. The molecule has 7 nitrogen and oxygen atoms in total. The molecule has 0 aliphatic carbocycles. The van der Waals surface area contributed by atoms with E-state index in [0.29, 0.717) is 37.6 Å². The Balaban J connectivity index is 1.37. The van der Waals surface area contributed by atoms with Crippen LogP contribution < -0.4 is 0 Å². The van der Waals surface area contributed by atoms with Crippen LogP contribution in [0.25, 0.3) is 11.0 Å². The molecule has 1 fully saturated rings. The van der Waals surface area contributed by atoms with Gasteiger partial charge in [0.25, 0.3) is 0 Å². The lowest BCUT2D eigenvalue weighted by atomic mass is 10.1. The summed E-state index contributed by atoms with van der Waals surface area (Å²) >= 11 is 0. The summed E-state index contributed by atoms with van der Waals surface area (Å²) in [5.74, 6) is 2.18. The number of aryl methyl sites for hydroxylation is 1. The van der Waals surface area contributed by atoms with Crippen LogP contribution in [0.4, 0.5) is 0 Å². The van der Waals surface area contributed by atoms with Gasteiger partial charge in [-0.25, -0.2) is 4.98 Å². The van der Waals surface area contributed by atoms with Gasteiger partial charge in [0.1, 0.15) is 5.82 Å². The summed E-state index contributed by atoms with van der Waals surface area (Å²) in [6.45, 7) is 1.17. The van der Waals surface area contributed by atoms with Gasteiger partial charge in [0.05, 0.1) is 29.7 Å². The van der Waals surface area contributed by atoms with Gasteiger partial charge in [-0.2, -0.15) is 4.98 Å². The van der Waals surface area contributed by atoms with E-state index in [-0.39, 0.29) is 6.04 Å². The third kappa shape index (κ3) is 3.54. The van der Waals surface area contributed by atoms with E-state index < -0.39 is 6.10 Å². The van der Waals surface area contributed by atoms with Gasteiger partial charge in [0, 0.05) is 20.0 Å². The predicted octanol–water partition coefficient (Wildman–Crippen LogP) is 2.86. The van der Waals surface area contributed by atoms with Gasteiger partial charge in [-0.15, -0.1) is 0 Å². The number of hydrogen-bond acceptors (Lipinski definition) is 6. The third-order valence-corrected chi connectivity index (χ3v) is 5.58. The highest BCUT2D eigenvalue weighted by Gasteiger charge is 2.36. The highest BCUT2D eigenvalue weighted by molar-refractivity contribution is 5.75. The number of hydrogen-bond donors (Lipinski definition) is 1. The fraction of sp³-hybridized carbons (Fsp3) is 0.318. The Hall–Kier alpha value is -3.03. The molecule has 3 heterocycles. The normalized spacial score (nSPS) is 19.9. The number of aliphatic hydroxyl groups excluding tert-OH is 1. The number of para-hydroxylation sites is 2. The van der Waals surface area contributed by atoms with Crippen molar-refractivity contribution in [1.29, 1.82) is 0 Å². The smallest absolute Gasteiger partial charge is 0.244 e. The molecule has 1 saturated heterocycles. The topological polar surface area (TPSA) is 80.2 Å². The second kappa shape index (κ2) is 7.42. The van der Waals surface area contributed by atoms with Gasteiger partial charge in [-0.3, -0.25) is 4.90 Å². The summed E-state index contributed by atoms with van der Waals surface area (Å²) in [7, 11) is 2.02. The SMILES string of the molecule is Cn1c(CN2C[C@H](O)C[C@H]2c2nc(Cc3ccccc3)no2)nc2ccccc21. The number of benzene rings is 2. The van der Waals surface area contributed by atoms with Crippen molar-refractivity contribution < 1.29 is 9.63 Å². The molecule has 0 bridgehead atoms. The number of likely N-dealkylation sites (tertiary alicyclic amines) is 1. The van der Waals surface area contributed by atoms with Crippen LogP contribution in [0.2, 0.25) is 0 Å². The van der Waals surface area contributed by atoms with E-state index in [0.717, 1.165) is 22.4 Å². The first-order valence-electron chi connectivity index (χ1n) is 9.86. The first kappa shape index (κ1) is 18.0. The first-order valence-corrected chi connectivity index (χ1v) is 9.86. The standard InChI is InChI=1S/C22H23N5O2/c1-26-18-10-6-5-9-17(18)23-21(26)14-27-13-16(28)12-19(27)22-24-20(25-29-22)11-15-7-3-2-4-8-15/h2-10,16,19,28H,11-14H2,1H3/t16-,19+/m1/s1. The fourth-order valence-corrected chi connectivity index (χ4v) is 4.08. The average Bonchev–Trinajstić information content (AvgIpc) is 3.42. The molecule has 5 rings (SSSR count). The molecule has 4 aromatic rings. The summed E-state index contributed by atoms with van der Waals surface area (Å²) in [6.07, 6.45) is 0.792. The minimum absolute atomic E-state index is 0.109. The summed E-state index contributed by atoms with van der Waals surface area (Å²) in [5.41, 5.74) is 3.22. The van der Waals surface area contributed by atoms with Gasteiger partial charge in [-0.1, -0.05) is 47.6 Å². The molecule has 7 heteroatoms. The number of aromatic nitrogens is 4. The van der Waals surface area contributed by atoms with E-state index in [1.807, 2.05) is 55.6 Å². The highest BCUT2D eigenvalue weighted by atomic mass is 16.5. The Labute approximate surface area is 168 Å². The van der Waals surface area contributed by atoms with Crippen LogP contribution >= 0.6 is 0 Å². The van der Waals surface area contributed by atoms with Gasteiger partial charge >= 0.3 is 0 Å². The van der Waals surface area contributed by atoms with E-state index in [2.05, 4.69) is 25.7 Å². The second-order valence-electron chi connectivity index (χ2n) is 7.62. The van der Waals surface area contributed by atoms with Crippen molar-refractivity contribution in [3.63, 3.8) is 0 Å². The molecule has 0 saturated carbocycles. The number of rotatable bonds is 5. The number of imidazole rings is 1. The number of β-amino-alcohol motifs (C(OH)–C–C–N with tert-alkyl or cyclic N) is 1. The van der Waals surface area contributed by atoms with Crippen LogP contribution in [-0.4, -0.2) is 42.3 Å². The van der Waals surface area contributed by atoms with Gasteiger partial charge in [0.2, 0.25) is 5.89 Å². The minimum atomic E-state index is -0.417. The lowest BCUT2D eigenvalue weighted by Gasteiger charge is -2.20. The maximum Gasteiger partial charge on any atom is 0.244 e. The van der Waals surface area contributed by atoms with Crippen molar-refractivity contribution >= 4 is 11.0 Å². The zero-order valence-corrected chi connectivity index (χ0v) is 16.3.